The van der Waals surface area contributed by atoms with Gasteiger partial charge < -0.3 is 4.84 Å². The van der Waals surface area contributed by atoms with Crippen molar-refractivity contribution in [1.29, 1.82) is 0 Å². The van der Waals surface area contributed by atoms with Crippen molar-refractivity contribution in [2.75, 3.05) is 6.61 Å². The Balaban J connectivity index is 1.55. The Kier molecular flexibility index (Phi) is 6.74. The fourth-order valence-electron chi connectivity index (χ4n) is 2.38. The molecular weight excluding hydrogens is 268 g/mol. The summed E-state index contributed by atoms with van der Waals surface area (Å²) in [7, 11) is 0. The van der Waals surface area contributed by atoms with Gasteiger partial charge in [0.2, 0.25) is 0 Å². The van der Waals surface area contributed by atoms with Gasteiger partial charge in [0.1, 0.15) is 12.8 Å². The maximum Gasteiger partial charge on any atom is 0.289 e. The van der Waals surface area contributed by atoms with Gasteiger partial charge in [-0.2, -0.15) is 0 Å². The summed E-state index contributed by atoms with van der Waals surface area (Å²) in [6.45, 7) is 0.915. The minimum atomic E-state index is -0.404. The maximum absolute atomic E-state index is 11.4. The monoisotopic (exact) mass is 290 g/mol. The highest BCUT2D eigenvalue weighted by atomic mass is 16.7. The number of hydrogen-bond donors (Lipinski definition) is 1. The maximum atomic E-state index is 11.4. The first-order chi connectivity index (χ1) is 10.3. The summed E-state index contributed by atoms with van der Waals surface area (Å²) in [6.07, 6.45) is 7.29. The summed E-state index contributed by atoms with van der Waals surface area (Å²) >= 11 is 0. The Morgan fingerprint density at radius 1 is 1.24 bits per heavy atom. The lowest BCUT2D eigenvalue weighted by Gasteiger charge is -2.20. The average Bonchev–Trinajstić information content (AvgIpc) is 2.54. The smallest absolute Gasteiger partial charge is 0.289 e. The molecule has 0 bridgehead atoms. The molecule has 1 fully saturated rings. The summed E-state index contributed by atoms with van der Waals surface area (Å²) in [5.74, 6) is 0.157. The van der Waals surface area contributed by atoms with Gasteiger partial charge in [-0.3, -0.25) is 9.63 Å². The van der Waals surface area contributed by atoms with Gasteiger partial charge in [0.15, 0.2) is 0 Å². The standard InChI is InChI=1S/C16H22N2O3/c19-16(18-21-13-15-9-5-2-6-10-15)11-17-20-12-14-7-3-1-4-8-14/h1,3-4,7-8,11,15H,2,5-6,9-10,12-13H2,(H,18,19). The average molecular weight is 290 g/mol. The van der Waals surface area contributed by atoms with Crippen molar-refractivity contribution >= 4 is 12.1 Å². The second kappa shape index (κ2) is 9.13. The van der Waals surface area contributed by atoms with Gasteiger partial charge in [0, 0.05) is 0 Å². The number of nitrogens with one attached hydrogen (secondary N) is 1. The Labute approximate surface area is 125 Å². The van der Waals surface area contributed by atoms with E-state index >= 15 is 0 Å². The normalized spacial score (nSPS) is 16.0. The number of rotatable bonds is 7. The highest BCUT2D eigenvalue weighted by Crippen LogP contribution is 2.23. The van der Waals surface area contributed by atoms with E-state index in [0.29, 0.717) is 19.1 Å². The third-order valence-corrected chi connectivity index (χ3v) is 3.54. The summed E-state index contributed by atoms with van der Waals surface area (Å²) in [4.78, 5) is 21.7. The van der Waals surface area contributed by atoms with Crippen LogP contribution in [0.5, 0.6) is 0 Å². The molecule has 0 aliphatic heterocycles. The molecule has 1 aromatic carbocycles. The van der Waals surface area contributed by atoms with Crippen molar-refractivity contribution in [2.45, 2.75) is 38.7 Å². The Morgan fingerprint density at radius 2 is 2.00 bits per heavy atom. The van der Waals surface area contributed by atoms with E-state index in [1.54, 1.807) is 0 Å². The van der Waals surface area contributed by atoms with E-state index < -0.39 is 5.91 Å². The van der Waals surface area contributed by atoms with Crippen molar-refractivity contribution in [3.05, 3.63) is 35.9 Å². The van der Waals surface area contributed by atoms with Crippen LogP contribution in [0.3, 0.4) is 0 Å². The second-order valence-corrected chi connectivity index (χ2v) is 5.27. The number of amides is 1. The number of hydrogen-bond acceptors (Lipinski definition) is 4. The van der Waals surface area contributed by atoms with Gasteiger partial charge in [-0.25, -0.2) is 5.48 Å². The molecule has 0 heterocycles. The number of nitrogens with zero attached hydrogens (tertiary/aromatic N) is 1. The fourth-order valence-corrected chi connectivity index (χ4v) is 2.38. The molecule has 1 aliphatic rings. The third-order valence-electron chi connectivity index (χ3n) is 3.54. The van der Waals surface area contributed by atoms with Crippen LogP contribution >= 0.6 is 0 Å². The number of carbonyl (C=O) groups is 1. The van der Waals surface area contributed by atoms with Gasteiger partial charge in [-0.15, -0.1) is 0 Å². The minimum absolute atomic E-state index is 0.341. The summed E-state index contributed by atoms with van der Waals surface area (Å²) in [5, 5.41) is 3.61. The number of oxime groups is 1. The molecule has 1 N–H and O–H groups in total. The molecule has 1 saturated carbocycles. The molecule has 5 nitrogen and oxygen atoms in total. The lowest BCUT2D eigenvalue weighted by atomic mass is 9.90. The molecule has 1 aliphatic carbocycles. The van der Waals surface area contributed by atoms with E-state index in [9.17, 15) is 4.79 Å². The molecule has 1 amide bonds. The molecule has 5 heteroatoms. The van der Waals surface area contributed by atoms with E-state index in [4.69, 9.17) is 9.68 Å². The van der Waals surface area contributed by atoms with E-state index in [2.05, 4.69) is 10.6 Å². The number of benzene rings is 1. The molecule has 0 radical (unpaired) electrons. The van der Waals surface area contributed by atoms with Crippen LogP contribution in [0.2, 0.25) is 0 Å². The Morgan fingerprint density at radius 3 is 2.76 bits per heavy atom. The molecule has 114 valence electrons. The SMILES string of the molecule is O=C(C=NOCc1ccccc1)NOCC1CCCCC1. The quantitative estimate of drug-likeness (QED) is 0.620. The van der Waals surface area contributed by atoms with Crippen molar-refractivity contribution in [3.63, 3.8) is 0 Å². The van der Waals surface area contributed by atoms with Crippen molar-refractivity contribution in [1.82, 2.24) is 5.48 Å². The van der Waals surface area contributed by atoms with Crippen LogP contribution in [0.15, 0.2) is 35.5 Å². The van der Waals surface area contributed by atoms with Crippen molar-refractivity contribution in [2.24, 2.45) is 11.1 Å². The molecule has 0 aromatic heterocycles. The molecule has 1 aromatic rings. The van der Waals surface area contributed by atoms with Gasteiger partial charge in [-0.1, -0.05) is 54.8 Å². The van der Waals surface area contributed by atoms with Crippen LogP contribution in [0.4, 0.5) is 0 Å². The largest absolute Gasteiger partial charge is 0.391 e. The Hall–Kier alpha value is -1.88. The van der Waals surface area contributed by atoms with Gasteiger partial charge in [0.25, 0.3) is 5.91 Å². The summed E-state index contributed by atoms with van der Waals surface area (Å²) in [6, 6.07) is 9.65. The Bertz CT molecular complexity index is 442. The van der Waals surface area contributed by atoms with Gasteiger partial charge >= 0.3 is 0 Å². The number of carbonyl (C=O) groups excluding carboxylic acids is 1. The zero-order chi connectivity index (χ0) is 14.8. The van der Waals surface area contributed by atoms with E-state index in [-0.39, 0.29) is 0 Å². The zero-order valence-corrected chi connectivity index (χ0v) is 12.2. The van der Waals surface area contributed by atoms with Crippen molar-refractivity contribution in [3.8, 4) is 0 Å². The molecule has 0 atom stereocenters. The first-order valence-corrected chi connectivity index (χ1v) is 7.45. The van der Waals surface area contributed by atoms with E-state index in [1.165, 1.54) is 32.1 Å². The van der Waals surface area contributed by atoms with Gasteiger partial charge in [-0.05, 0) is 24.3 Å². The van der Waals surface area contributed by atoms with E-state index in [0.717, 1.165) is 11.8 Å². The highest BCUT2D eigenvalue weighted by molar-refractivity contribution is 6.25. The molecule has 0 spiro atoms. The second-order valence-electron chi connectivity index (χ2n) is 5.27. The minimum Gasteiger partial charge on any atom is -0.391 e. The first kappa shape index (κ1) is 15.5. The zero-order valence-electron chi connectivity index (χ0n) is 12.2. The van der Waals surface area contributed by atoms with Gasteiger partial charge in [0.05, 0.1) is 6.61 Å². The predicted octanol–water partition coefficient (Wildman–Crippen LogP) is 2.82. The molecule has 0 unspecified atom stereocenters. The molecular formula is C16H22N2O3. The molecule has 21 heavy (non-hydrogen) atoms. The van der Waals surface area contributed by atoms with Crippen LogP contribution in [0.1, 0.15) is 37.7 Å². The molecule has 2 rings (SSSR count). The summed E-state index contributed by atoms with van der Waals surface area (Å²) < 4.78 is 0. The lowest BCUT2D eigenvalue weighted by molar-refractivity contribution is -0.127. The number of hydroxylamine groups is 1. The van der Waals surface area contributed by atoms with Crippen molar-refractivity contribution < 1.29 is 14.5 Å². The van der Waals surface area contributed by atoms with Crippen LogP contribution in [0, 0.1) is 5.92 Å². The van der Waals surface area contributed by atoms with Crippen LogP contribution in [0.25, 0.3) is 0 Å². The van der Waals surface area contributed by atoms with Crippen LogP contribution in [-0.4, -0.2) is 18.7 Å². The predicted molar refractivity (Wildman–Crippen MR) is 80.4 cm³/mol. The first-order valence-electron chi connectivity index (χ1n) is 7.45. The topological polar surface area (TPSA) is 59.9 Å². The highest BCUT2D eigenvalue weighted by Gasteiger charge is 2.13. The summed E-state index contributed by atoms with van der Waals surface area (Å²) in [5.41, 5.74) is 3.36. The van der Waals surface area contributed by atoms with Crippen LogP contribution < -0.4 is 5.48 Å². The molecule has 0 saturated heterocycles. The van der Waals surface area contributed by atoms with Crippen LogP contribution in [-0.2, 0) is 21.1 Å². The lowest BCUT2D eigenvalue weighted by Crippen LogP contribution is -2.28. The third kappa shape index (κ3) is 6.40. The van der Waals surface area contributed by atoms with E-state index in [1.807, 2.05) is 30.3 Å². The fraction of sp³-hybridized carbons (Fsp3) is 0.500.